The molecule has 4 heterocycles. The molecule has 1 saturated heterocycles. The van der Waals surface area contributed by atoms with Gasteiger partial charge in [-0.15, -0.1) is 5.10 Å². The van der Waals surface area contributed by atoms with E-state index in [0.717, 1.165) is 0 Å². The lowest BCUT2D eigenvalue weighted by atomic mass is 10.1. The maximum absolute atomic E-state index is 13.4. The summed E-state index contributed by atoms with van der Waals surface area (Å²) in [5.41, 5.74) is 1.11. The number of aromatic amines is 1. The van der Waals surface area contributed by atoms with Crippen LogP contribution in [0.15, 0.2) is 49.1 Å². The molecule has 1 aromatic carbocycles. The number of aromatic nitrogens is 5. The summed E-state index contributed by atoms with van der Waals surface area (Å²) in [5.74, 6) is -0.638. The van der Waals surface area contributed by atoms with Crippen molar-refractivity contribution in [2.45, 2.75) is 6.61 Å². The number of piperazine rings is 1. The van der Waals surface area contributed by atoms with E-state index in [0.29, 0.717) is 41.1 Å². The number of Topliss-reactive ketones (excluding diaryl/α,β-unsaturated/α-hetero) is 1. The molecule has 0 atom stereocenters. The normalized spacial score (nSPS) is 13.4. The van der Waals surface area contributed by atoms with Gasteiger partial charge in [0.25, 0.3) is 17.6 Å². The molecule has 0 unspecified atom stereocenters. The molecule has 1 aliphatic rings. The van der Waals surface area contributed by atoms with E-state index in [9.17, 15) is 19.2 Å². The predicted octanol–water partition coefficient (Wildman–Crippen LogP) is 2.39. The number of carbonyl (C=O) groups is 4. The summed E-state index contributed by atoms with van der Waals surface area (Å²) >= 11 is 1.51. The Morgan fingerprint density at radius 2 is 1.74 bits per heavy atom. The summed E-state index contributed by atoms with van der Waals surface area (Å²) in [5, 5.41) is 4.64. The van der Waals surface area contributed by atoms with E-state index in [1.54, 1.807) is 29.2 Å². The number of benzene rings is 1. The van der Waals surface area contributed by atoms with Crippen LogP contribution in [-0.4, -0.2) is 89.4 Å². The number of ketones is 1. The number of halogens is 1. The zero-order chi connectivity index (χ0) is 27.5. The zero-order valence-corrected chi connectivity index (χ0v) is 22.8. The average molecular weight is 643 g/mol. The number of carbonyl (C=O) groups excluding carboxylic acids is 4. The molecule has 1 N–H and O–H groups in total. The fourth-order valence-electron chi connectivity index (χ4n) is 4.33. The van der Waals surface area contributed by atoms with Crippen LogP contribution in [0.1, 0.15) is 26.5 Å². The quantitative estimate of drug-likeness (QED) is 0.139. The molecular formula is C25H22IN7O6. The first-order valence-corrected chi connectivity index (χ1v) is 12.9. The highest BCUT2D eigenvalue weighted by Gasteiger charge is 2.31. The van der Waals surface area contributed by atoms with Crippen LogP contribution in [0.4, 0.5) is 4.79 Å². The molecule has 0 aliphatic carbocycles. The predicted molar refractivity (Wildman–Crippen MR) is 145 cm³/mol. The number of hydrogen-bond acceptors (Lipinski definition) is 9. The van der Waals surface area contributed by atoms with Gasteiger partial charge in [0.15, 0.2) is 18.2 Å². The highest BCUT2D eigenvalue weighted by atomic mass is 127. The van der Waals surface area contributed by atoms with Crippen LogP contribution in [-0.2, 0) is 16.1 Å². The van der Waals surface area contributed by atoms with Crippen molar-refractivity contribution in [1.82, 2.24) is 34.5 Å². The van der Waals surface area contributed by atoms with E-state index >= 15 is 0 Å². The largest absolute Gasteiger partial charge is 0.494 e. The van der Waals surface area contributed by atoms with Gasteiger partial charge in [0.05, 0.1) is 52.4 Å². The molecule has 1 aliphatic heterocycles. The maximum Gasteiger partial charge on any atom is 0.367 e. The minimum absolute atomic E-state index is 0.110. The fraction of sp³-hybridized carbons (Fsp3) is 0.240. The van der Waals surface area contributed by atoms with Gasteiger partial charge in [-0.2, -0.15) is 0 Å². The van der Waals surface area contributed by atoms with Gasteiger partial charge in [-0.3, -0.25) is 14.4 Å². The molecule has 14 heteroatoms. The second-order valence-electron chi connectivity index (χ2n) is 8.51. The van der Waals surface area contributed by atoms with Crippen molar-refractivity contribution in [3.8, 4) is 11.6 Å². The molecule has 2 amide bonds. The van der Waals surface area contributed by atoms with Crippen LogP contribution < -0.4 is 4.74 Å². The van der Waals surface area contributed by atoms with Gasteiger partial charge in [0.1, 0.15) is 12.1 Å². The second kappa shape index (κ2) is 11.2. The van der Waals surface area contributed by atoms with E-state index in [2.05, 4.69) is 20.1 Å². The van der Waals surface area contributed by atoms with Crippen LogP contribution in [0.5, 0.6) is 5.75 Å². The van der Waals surface area contributed by atoms with Gasteiger partial charge >= 0.3 is 3.98 Å². The summed E-state index contributed by atoms with van der Waals surface area (Å²) in [6.45, 7) is 0.998. The second-order valence-corrected chi connectivity index (χ2v) is 9.39. The Morgan fingerprint density at radius 3 is 2.44 bits per heavy atom. The zero-order valence-electron chi connectivity index (χ0n) is 20.7. The summed E-state index contributed by atoms with van der Waals surface area (Å²) in [6, 6.07) is 8.93. The lowest BCUT2D eigenvalue weighted by Gasteiger charge is -2.34. The molecule has 3 aromatic heterocycles. The van der Waals surface area contributed by atoms with E-state index in [1.165, 1.54) is 58.0 Å². The van der Waals surface area contributed by atoms with E-state index in [1.807, 2.05) is 6.07 Å². The van der Waals surface area contributed by atoms with Crippen LogP contribution in [0, 0.1) is 0 Å². The molecule has 200 valence electrons. The first-order chi connectivity index (χ1) is 18.9. The highest BCUT2D eigenvalue weighted by molar-refractivity contribution is 14.1. The van der Waals surface area contributed by atoms with Crippen molar-refractivity contribution >= 4 is 55.1 Å². The number of H-pyrrole nitrogens is 1. The Hall–Kier alpha value is -4.34. The Kier molecular flexibility index (Phi) is 7.53. The fourth-order valence-corrected chi connectivity index (χ4v) is 4.49. The van der Waals surface area contributed by atoms with Gasteiger partial charge < -0.3 is 24.3 Å². The van der Waals surface area contributed by atoms with Crippen LogP contribution >= 0.6 is 22.6 Å². The minimum atomic E-state index is -0.715. The van der Waals surface area contributed by atoms with E-state index in [4.69, 9.17) is 9.47 Å². The summed E-state index contributed by atoms with van der Waals surface area (Å²) in [6.07, 6.45) is 4.25. The highest BCUT2D eigenvalue weighted by Crippen LogP contribution is 2.32. The molecule has 5 rings (SSSR count). The molecule has 1 fully saturated rings. The molecule has 0 radical (unpaired) electrons. The van der Waals surface area contributed by atoms with Gasteiger partial charge in [0, 0.05) is 37.9 Å². The van der Waals surface area contributed by atoms with Crippen LogP contribution in [0.2, 0.25) is 0 Å². The van der Waals surface area contributed by atoms with Crippen molar-refractivity contribution in [3.05, 3.63) is 66.0 Å². The third kappa shape index (κ3) is 5.32. The monoisotopic (exact) mass is 643 g/mol. The molecule has 13 nitrogen and oxygen atoms in total. The van der Waals surface area contributed by atoms with Crippen molar-refractivity contribution in [2.75, 3.05) is 33.3 Å². The lowest BCUT2D eigenvalue weighted by Crippen LogP contribution is -2.52. The first-order valence-electron chi connectivity index (χ1n) is 11.8. The number of nitrogens with one attached hydrogen (secondary N) is 1. The summed E-state index contributed by atoms with van der Waals surface area (Å²) < 4.78 is 11.2. The number of rotatable bonds is 7. The summed E-state index contributed by atoms with van der Waals surface area (Å²) in [7, 11) is 1.44. The number of nitrogens with zero attached hydrogens (tertiary/aromatic N) is 6. The molecular weight excluding hydrogens is 621 g/mol. The maximum atomic E-state index is 13.4. The first kappa shape index (κ1) is 26.3. The van der Waals surface area contributed by atoms with Crippen LogP contribution in [0.3, 0.4) is 0 Å². The molecule has 0 bridgehead atoms. The van der Waals surface area contributed by atoms with Crippen molar-refractivity contribution in [1.29, 1.82) is 0 Å². The molecule has 39 heavy (non-hydrogen) atoms. The number of ether oxygens (including phenoxy) is 2. The van der Waals surface area contributed by atoms with Gasteiger partial charge in [0.2, 0.25) is 0 Å². The number of fused-ring (bicyclic) bond motifs is 1. The third-order valence-corrected chi connectivity index (χ3v) is 6.57. The van der Waals surface area contributed by atoms with Crippen molar-refractivity contribution < 1.29 is 28.7 Å². The Bertz CT molecular complexity index is 1560. The number of hydrogen-bond donors (Lipinski definition) is 1. The van der Waals surface area contributed by atoms with E-state index < -0.39 is 15.7 Å². The minimum Gasteiger partial charge on any atom is -0.494 e. The number of methoxy groups -OCH3 is 1. The van der Waals surface area contributed by atoms with Gasteiger partial charge in [-0.25, -0.2) is 19.4 Å². The molecule has 0 saturated carbocycles. The Balaban J connectivity index is 1.35. The van der Waals surface area contributed by atoms with Gasteiger partial charge in [-0.1, -0.05) is 18.2 Å². The Labute approximate surface area is 235 Å². The molecule has 4 aromatic rings. The molecule has 0 spiro atoms. The smallest absolute Gasteiger partial charge is 0.367 e. The van der Waals surface area contributed by atoms with Crippen molar-refractivity contribution in [2.24, 2.45) is 0 Å². The Morgan fingerprint density at radius 1 is 1.03 bits per heavy atom. The van der Waals surface area contributed by atoms with Crippen molar-refractivity contribution in [3.63, 3.8) is 0 Å². The van der Waals surface area contributed by atoms with E-state index in [-0.39, 0.29) is 37.0 Å². The topological polar surface area (TPSA) is 153 Å². The number of pyridine rings is 1. The van der Waals surface area contributed by atoms with Gasteiger partial charge in [-0.05, 0) is 12.1 Å². The lowest BCUT2D eigenvalue weighted by molar-refractivity contribution is -0.127. The van der Waals surface area contributed by atoms with Crippen LogP contribution in [0.25, 0.3) is 16.7 Å². The third-order valence-electron chi connectivity index (χ3n) is 6.26. The SMILES string of the molecule is COc1cnc(-n2cnc(COC(=O)I)n2)c2[nH]cc(C(=O)C(=O)N3CCN(C(=O)c4ccccc4)CC3)c12. The number of amides is 2. The standard InChI is InChI=1S/C25H22IN7O6/c1-38-17-12-28-22(33-14-29-18(30-33)13-39-25(26)37)20-19(17)16(11-27-20)21(34)24(36)32-9-7-31(8-10-32)23(35)15-5-3-2-4-6-15/h2-6,11-12,14,27H,7-10,13H2,1H3. The summed E-state index contributed by atoms with van der Waals surface area (Å²) in [4.78, 5) is 65.0. The average Bonchev–Trinajstić information content (AvgIpc) is 3.63.